The Labute approximate surface area is 134 Å². The molecule has 1 aromatic carbocycles. The lowest BCUT2D eigenvalue weighted by atomic mass is 9.95. The zero-order valence-electron chi connectivity index (χ0n) is 11.7. The molecule has 1 fully saturated rings. The lowest BCUT2D eigenvalue weighted by Crippen LogP contribution is -2.35. The summed E-state index contributed by atoms with van der Waals surface area (Å²) in [5.74, 6) is -0.450. The van der Waals surface area contributed by atoms with Crippen molar-refractivity contribution in [2.24, 2.45) is 5.92 Å². The molecule has 0 radical (unpaired) electrons. The van der Waals surface area contributed by atoms with Gasteiger partial charge in [-0.05, 0) is 17.7 Å². The van der Waals surface area contributed by atoms with E-state index in [4.69, 9.17) is 16.3 Å². The number of carbonyl (C=O) groups excluding carboxylic acids is 1. The SMILES string of the molecule is CC(=O)NCC1CNCCOC1c1ccc(F)c(Cl)c1.Cl. The Morgan fingerprint density at radius 3 is 3.00 bits per heavy atom. The highest BCUT2D eigenvalue weighted by molar-refractivity contribution is 6.30. The first-order valence-corrected chi connectivity index (χ1v) is 6.97. The molecule has 0 aromatic heterocycles. The van der Waals surface area contributed by atoms with Crippen LogP contribution in [0.5, 0.6) is 0 Å². The van der Waals surface area contributed by atoms with Crippen LogP contribution in [-0.2, 0) is 9.53 Å². The lowest BCUT2D eigenvalue weighted by Gasteiger charge is -2.25. The first-order valence-electron chi connectivity index (χ1n) is 6.59. The third-order valence-corrected chi connectivity index (χ3v) is 3.59. The summed E-state index contributed by atoms with van der Waals surface area (Å²) in [4.78, 5) is 11.1. The van der Waals surface area contributed by atoms with E-state index in [1.165, 1.54) is 13.0 Å². The first-order chi connectivity index (χ1) is 9.58. The number of halogens is 3. The number of hydrogen-bond acceptors (Lipinski definition) is 3. The van der Waals surface area contributed by atoms with Crippen molar-refractivity contribution in [2.45, 2.75) is 13.0 Å². The predicted octanol–water partition coefficient (Wildman–Crippen LogP) is 2.31. The Hall–Kier alpha value is -0.880. The molecular formula is C14H19Cl2FN2O2. The molecule has 0 spiro atoms. The molecule has 2 unspecified atom stereocenters. The molecule has 0 aliphatic carbocycles. The van der Waals surface area contributed by atoms with Crippen molar-refractivity contribution < 1.29 is 13.9 Å². The molecule has 21 heavy (non-hydrogen) atoms. The van der Waals surface area contributed by atoms with E-state index in [-0.39, 0.29) is 35.4 Å². The van der Waals surface area contributed by atoms with Crippen LogP contribution in [-0.4, -0.2) is 32.1 Å². The number of hydrogen-bond donors (Lipinski definition) is 2. The maximum atomic E-state index is 13.3. The van der Waals surface area contributed by atoms with Gasteiger partial charge in [0.25, 0.3) is 0 Å². The summed E-state index contributed by atoms with van der Waals surface area (Å²) in [5, 5.41) is 6.15. The summed E-state index contributed by atoms with van der Waals surface area (Å²) in [6.45, 7) is 4.02. The van der Waals surface area contributed by atoms with Gasteiger partial charge in [-0.25, -0.2) is 4.39 Å². The third kappa shape index (κ3) is 5.11. The highest BCUT2D eigenvalue weighted by atomic mass is 35.5. The molecule has 1 saturated heterocycles. The van der Waals surface area contributed by atoms with Crippen LogP contribution < -0.4 is 10.6 Å². The van der Waals surface area contributed by atoms with Crippen molar-refractivity contribution >= 4 is 29.9 Å². The van der Waals surface area contributed by atoms with E-state index >= 15 is 0 Å². The Balaban J connectivity index is 0.00000220. The number of rotatable bonds is 3. The largest absolute Gasteiger partial charge is 0.372 e. The molecule has 4 nitrogen and oxygen atoms in total. The lowest BCUT2D eigenvalue weighted by molar-refractivity contribution is -0.119. The average Bonchev–Trinajstić information content (AvgIpc) is 2.65. The Morgan fingerprint density at radius 1 is 1.57 bits per heavy atom. The molecule has 2 N–H and O–H groups in total. The van der Waals surface area contributed by atoms with Gasteiger partial charge in [-0.15, -0.1) is 12.4 Å². The van der Waals surface area contributed by atoms with Crippen molar-refractivity contribution in [2.75, 3.05) is 26.2 Å². The van der Waals surface area contributed by atoms with Gasteiger partial charge in [0.1, 0.15) is 5.82 Å². The molecule has 1 heterocycles. The fourth-order valence-electron chi connectivity index (χ4n) is 2.30. The maximum Gasteiger partial charge on any atom is 0.216 e. The minimum absolute atomic E-state index is 0. The van der Waals surface area contributed by atoms with Gasteiger partial charge < -0.3 is 15.4 Å². The Morgan fingerprint density at radius 2 is 2.33 bits per heavy atom. The van der Waals surface area contributed by atoms with Gasteiger partial charge in [-0.2, -0.15) is 0 Å². The molecular weight excluding hydrogens is 318 g/mol. The number of carbonyl (C=O) groups is 1. The van der Waals surface area contributed by atoms with Crippen molar-refractivity contribution in [3.05, 3.63) is 34.6 Å². The highest BCUT2D eigenvalue weighted by Gasteiger charge is 2.26. The van der Waals surface area contributed by atoms with Gasteiger partial charge in [0, 0.05) is 32.5 Å². The second-order valence-electron chi connectivity index (χ2n) is 4.87. The quantitative estimate of drug-likeness (QED) is 0.890. The zero-order valence-corrected chi connectivity index (χ0v) is 13.3. The third-order valence-electron chi connectivity index (χ3n) is 3.30. The molecule has 2 rings (SSSR count). The summed E-state index contributed by atoms with van der Waals surface area (Å²) in [6.07, 6.45) is -0.213. The molecule has 7 heteroatoms. The van der Waals surface area contributed by atoms with Crippen molar-refractivity contribution in [1.82, 2.24) is 10.6 Å². The molecule has 1 aliphatic rings. The fraction of sp³-hybridized carbons (Fsp3) is 0.500. The van der Waals surface area contributed by atoms with Gasteiger partial charge >= 0.3 is 0 Å². The van der Waals surface area contributed by atoms with Gasteiger partial charge in [0.2, 0.25) is 5.91 Å². The van der Waals surface area contributed by atoms with Crippen LogP contribution in [0, 0.1) is 11.7 Å². The Kier molecular flexibility index (Phi) is 7.39. The molecule has 0 bridgehead atoms. The van der Waals surface area contributed by atoms with E-state index in [1.54, 1.807) is 12.1 Å². The van der Waals surface area contributed by atoms with Crippen LogP contribution in [0.3, 0.4) is 0 Å². The van der Waals surface area contributed by atoms with Gasteiger partial charge in [0.15, 0.2) is 0 Å². The topological polar surface area (TPSA) is 50.4 Å². The van der Waals surface area contributed by atoms with Crippen LogP contribution in [0.25, 0.3) is 0 Å². The van der Waals surface area contributed by atoms with Gasteiger partial charge in [0.05, 0.1) is 17.7 Å². The second kappa shape index (κ2) is 8.54. The van der Waals surface area contributed by atoms with E-state index in [2.05, 4.69) is 10.6 Å². The van der Waals surface area contributed by atoms with E-state index in [0.717, 1.165) is 18.7 Å². The van der Waals surface area contributed by atoms with Crippen molar-refractivity contribution in [3.8, 4) is 0 Å². The van der Waals surface area contributed by atoms with Crippen LogP contribution in [0.1, 0.15) is 18.6 Å². The predicted molar refractivity (Wildman–Crippen MR) is 82.4 cm³/mol. The molecule has 1 aromatic rings. The van der Waals surface area contributed by atoms with Crippen molar-refractivity contribution in [3.63, 3.8) is 0 Å². The number of nitrogens with one attached hydrogen (secondary N) is 2. The number of benzene rings is 1. The fourth-order valence-corrected chi connectivity index (χ4v) is 2.49. The normalized spacial score (nSPS) is 22.0. The number of amides is 1. The van der Waals surface area contributed by atoms with Crippen LogP contribution in [0.4, 0.5) is 4.39 Å². The standard InChI is InChI=1S/C14H18ClFN2O2.ClH/c1-9(19)18-8-11-7-17-4-5-20-14(11)10-2-3-13(16)12(15)6-10;/h2-3,6,11,14,17H,4-5,7-8H2,1H3,(H,18,19);1H. The summed E-state index contributed by atoms with van der Waals surface area (Å²) >= 11 is 5.83. The molecule has 118 valence electrons. The zero-order chi connectivity index (χ0) is 14.5. The molecule has 1 aliphatic heterocycles. The van der Waals surface area contributed by atoms with Crippen LogP contribution in [0.15, 0.2) is 18.2 Å². The smallest absolute Gasteiger partial charge is 0.216 e. The molecule has 2 atom stereocenters. The van der Waals surface area contributed by atoms with Gasteiger partial charge in [-0.1, -0.05) is 17.7 Å². The minimum atomic E-state index is -0.444. The Bertz CT molecular complexity index is 488. The summed E-state index contributed by atoms with van der Waals surface area (Å²) in [6, 6.07) is 4.61. The second-order valence-corrected chi connectivity index (χ2v) is 5.27. The van der Waals surface area contributed by atoms with Crippen LogP contribution >= 0.6 is 24.0 Å². The molecule has 0 saturated carbocycles. The van der Waals surface area contributed by atoms with E-state index < -0.39 is 5.82 Å². The average molecular weight is 337 g/mol. The number of ether oxygens (including phenoxy) is 1. The van der Waals surface area contributed by atoms with E-state index in [1.807, 2.05) is 0 Å². The molecule has 1 amide bonds. The van der Waals surface area contributed by atoms with E-state index in [0.29, 0.717) is 13.2 Å². The summed E-state index contributed by atoms with van der Waals surface area (Å²) in [7, 11) is 0. The van der Waals surface area contributed by atoms with Crippen LogP contribution in [0.2, 0.25) is 5.02 Å². The van der Waals surface area contributed by atoms with E-state index in [9.17, 15) is 9.18 Å². The highest BCUT2D eigenvalue weighted by Crippen LogP contribution is 2.29. The van der Waals surface area contributed by atoms with Crippen molar-refractivity contribution in [1.29, 1.82) is 0 Å². The summed E-state index contributed by atoms with van der Waals surface area (Å²) < 4.78 is 19.1. The summed E-state index contributed by atoms with van der Waals surface area (Å²) in [5.41, 5.74) is 0.829. The van der Waals surface area contributed by atoms with Gasteiger partial charge in [-0.3, -0.25) is 4.79 Å². The minimum Gasteiger partial charge on any atom is -0.372 e. The maximum absolute atomic E-state index is 13.3. The first kappa shape index (κ1) is 18.2. The monoisotopic (exact) mass is 336 g/mol.